The number of nitrogens with two attached hydrogens (primary N) is 1. The van der Waals surface area contributed by atoms with E-state index in [-0.39, 0.29) is 5.82 Å². The number of anilines is 1. The average molecular weight is 249 g/mol. The number of hydrogen-bond acceptors (Lipinski definition) is 3. The molecule has 2 aromatic carbocycles. The van der Waals surface area contributed by atoms with Crippen LogP contribution in [0.4, 0.5) is 10.1 Å². The van der Waals surface area contributed by atoms with Gasteiger partial charge < -0.3 is 10.5 Å². The number of methoxy groups -OCH3 is 1. The van der Waals surface area contributed by atoms with Crippen LogP contribution >= 0.6 is 11.8 Å². The highest BCUT2D eigenvalue weighted by Crippen LogP contribution is 2.36. The van der Waals surface area contributed by atoms with E-state index < -0.39 is 0 Å². The Kier molecular flexibility index (Phi) is 3.54. The van der Waals surface area contributed by atoms with Gasteiger partial charge >= 0.3 is 0 Å². The van der Waals surface area contributed by atoms with E-state index in [1.54, 1.807) is 19.2 Å². The fourth-order valence-corrected chi connectivity index (χ4v) is 2.38. The summed E-state index contributed by atoms with van der Waals surface area (Å²) in [6.07, 6.45) is 0. The molecule has 88 valence electrons. The van der Waals surface area contributed by atoms with Crippen LogP contribution in [0.2, 0.25) is 0 Å². The molecule has 2 nitrogen and oxygen atoms in total. The monoisotopic (exact) mass is 249 g/mol. The molecular formula is C13H12FNOS. The van der Waals surface area contributed by atoms with Crippen LogP contribution in [-0.2, 0) is 0 Å². The second kappa shape index (κ2) is 5.10. The van der Waals surface area contributed by atoms with Crippen LogP contribution in [0.1, 0.15) is 0 Å². The fraction of sp³-hybridized carbons (Fsp3) is 0.0769. The number of halogens is 1. The van der Waals surface area contributed by atoms with E-state index >= 15 is 0 Å². The molecule has 0 saturated heterocycles. The van der Waals surface area contributed by atoms with E-state index in [1.807, 2.05) is 18.2 Å². The van der Waals surface area contributed by atoms with Crippen molar-refractivity contribution in [1.29, 1.82) is 0 Å². The van der Waals surface area contributed by atoms with Gasteiger partial charge in [-0.1, -0.05) is 23.9 Å². The van der Waals surface area contributed by atoms with E-state index in [0.29, 0.717) is 11.4 Å². The molecule has 0 fully saturated rings. The second-order valence-corrected chi connectivity index (χ2v) is 4.55. The first kappa shape index (κ1) is 11.8. The predicted molar refractivity (Wildman–Crippen MR) is 67.9 cm³/mol. The van der Waals surface area contributed by atoms with Crippen molar-refractivity contribution in [3.05, 3.63) is 48.3 Å². The van der Waals surface area contributed by atoms with Crippen LogP contribution in [-0.4, -0.2) is 7.11 Å². The smallest absolute Gasteiger partial charge is 0.142 e. The summed E-state index contributed by atoms with van der Waals surface area (Å²) in [6.45, 7) is 0. The van der Waals surface area contributed by atoms with Crippen molar-refractivity contribution in [2.24, 2.45) is 0 Å². The fourth-order valence-electron chi connectivity index (χ4n) is 1.45. The summed E-state index contributed by atoms with van der Waals surface area (Å²) in [5, 5.41) is 0. The highest BCUT2D eigenvalue weighted by molar-refractivity contribution is 7.99. The van der Waals surface area contributed by atoms with Gasteiger partial charge in [0.2, 0.25) is 0 Å². The summed E-state index contributed by atoms with van der Waals surface area (Å²) >= 11 is 1.41. The first-order valence-electron chi connectivity index (χ1n) is 5.06. The first-order chi connectivity index (χ1) is 8.20. The minimum Gasteiger partial charge on any atom is -0.495 e. The third-order valence-electron chi connectivity index (χ3n) is 2.27. The Hall–Kier alpha value is -1.68. The molecule has 0 saturated carbocycles. The van der Waals surface area contributed by atoms with Crippen LogP contribution in [0, 0.1) is 5.82 Å². The summed E-state index contributed by atoms with van der Waals surface area (Å²) in [4.78, 5) is 1.67. The van der Waals surface area contributed by atoms with E-state index in [0.717, 1.165) is 9.79 Å². The lowest BCUT2D eigenvalue weighted by molar-refractivity contribution is 0.416. The standard InChI is InChI=1S/C13H12FNOS/c1-16-11-6-3-7-12(13(11)15)17-10-5-2-4-9(14)8-10/h2-8H,15H2,1H3. The van der Waals surface area contributed by atoms with Crippen molar-refractivity contribution in [2.45, 2.75) is 9.79 Å². The molecule has 0 unspecified atom stereocenters. The molecule has 0 aromatic heterocycles. The minimum atomic E-state index is -0.253. The molecule has 0 atom stereocenters. The number of para-hydroxylation sites is 1. The van der Waals surface area contributed by atoms with Gasteiger partial charge in [-0.2, -0.15) is 0 Å². The van der Waals surface area contributed by atoms with Crippen molar-refractivity contribution in [2.75, 3.05) is 12.8 Å². The highest BCUT2D eigenvalue weighted by atomic mass is 32.2. The Morgan fingerprint density at radius 2 is 1.94 bits per heavy atom. The van der Waals surface area contributed by atoms with Gasteiger partial charge in [0.15, 0.2) is 0 Å². The Labute approximate surface area is 104 Å². The molecule has 0 amide bonds. The molecule has 0 bridgehead atoms. The molecular weight excluding hydrogens is 237 g/mol. The van der Waals surface area contributed by atoms with Gasteiger partial charge in [-0.25, -0.2) is 4.39 Å². The minimum absolute atomic E-state index is 0.253. The van der Waals surface area contributed by atoms with Crippen molar-refractivity contribution >= 4 is 17.4 Å². The topological polar surface area (TPSA) is 35.2 Å². The third kappa shape index (κ3) is 2.71. The van der Waals surface area contributed by atoms with E-state index in [9.17, 15) is 4.39 Å². The maximum Gasteiger partial charge on any atom is 0.142 e. The van der Waals surface area contributed by atoms with Crippen LogP contribution in [0.25, 0.3) is 0 Å². The number of benzene rings is 2. The van der Waals surface area contributed by atoms with Crippen LogP contribution in [0.5, 0.6) is 5.75 Å². The van der Waals surface area contributed by atoms with Crippen molar-refractivity contribution in [3.63, 3.8) is 0 Å². The molecule has 0 aliphatic carbocycles. The van der Waals surface area contributed by atoms with Gasteiger partial charge in [0.1, 0.15) is 11.6 Å². The molecule has 0 radical (unpaired) electrons. The molecule has 2 N–H and O–H groups in total. The van der Waals surface area contributed by atoms with Gasteiger partial charge in [-0.15, -0.1) is 0 Å². The van der Waals surface area contributed by atoms with E-state index in [1.165, 1.54) is 23.9 Å². The van der Waals surface area contributed by atoms with Crippen LogP contribution in [0.3, 0.4) is 0 Å². The van der Waals surface area contributed by atoms with Gasteiger partial charge in [0.05, 0.1) is 12.8 Å². The average Bonchev–Trinajstić information content (AvgIpc) is 2.32. The lowest BCUT2D eigenvalue weighted by atomic mass is 10.3. The van der Waals surface area contributed by atoms with E-state index in [2.05, 4.69) is 0 Å². The molecule has 0 aliphatic rings. The number of hydrogen-bond donors (Lipinski definition) is 1. The summed E-state index contributed by atoms with van der Waals surface area (Å²) in [5.74, 6) is 0.378. The van der Waals surface area contributed by atoms with Crippen molar-refractivity contribution in [1.82, 2.24) is 0 Å². The Balaban J connectivity index is 2.30. The normalized spacial score (nSPS) is 10.2. The summed E-state index contributed by atoms with van der Waals surface area (Å²) in [7, 11) is 1.57. The quantitative estimate of drug-likeness (QED) is 0.845. The molecule has 0 heterocycles. The maximum atomic E-state index is 13.0. The Morgan fingerprint density at radius 1 is 1.18 bits per heavy atom. The molecule has 17 heavy (non-hydrogen) atoms. The third-order valence-corrected chi connectivity index (χ3v) is 3.34. The Bertz CT molecular complexity index is 531. The summed E-state index contributed by atoms with van der Waals surface area (Å²) in [5.41, 5.74) is 6.51. The van der Waals surface area contributed by atoms with Gasteiger partial charge in [0, 0.05) is 9.79 Å². The molecule has 4 heteroatoms. The predicted octanol–water partition coefficient (Wildman–Crippen LogP) is 3.57. The zero-order valence-corrected chi connectivity index (χ0v) is 10.1. The number of rotatable bonds is 3. The highest BCUT2D eigenvalue weighted by Gasteiger charge is 2.06. The zero-order chi connectivity index (χ0) is 12.3. The lowest BCUT2D eigenvalue weighted by Gasteiger charge is -2.09. The summed E-state index contributed by atoms with van der Waals surface area (Å²) < 4.78 is 18.2. The SMILES string of the molecule is COc1cccc(Sc2cccc(F)c2)c1N. The summed E-state index contributed by atoms with van der Waals surface area (Å²) in [6, 6.07) is 11.9. The van der Waals surface area contributed by atoms with Gasteiger partial charge in [0.25, 0.3) is 0 Å². The van der Waals surface area contributed by atoms with Crippen LogP contribution in [0.15, 0.2) is 52.3 Å². The molecule has 0 spiro atoms. The first-order valence-corrected chi connectivity index (χ1v) is 5.88. The molecule has 0 aliphatic heterocycles. The van der Waals surface area contributed by atoms with Gasteiger partial charge in [-0.3, -0.25) is 0 Å². The van der Waals surface area contributed by atoms with Crippen LogP contribution < -0.4 is 10.5 Å². The lowest BCUT2D eigenvalue weighted by Crippen LogP contribution is -1.94. The van der Waals surface area contributed by atoms with Crippen molar-refractivity contribution < 1.29 is 9.13 Å². The second-order valence-electron chi connectivity index (χ2n) is 3.43. The molecule has 2 rings (SSSR count). The molecule has 2 aromatic rings. The number of ether oxygens (including phenoxy) is 1. The number of nitrogen functional groups attached to an aromatic ring is 1. The van der Waals surface area contributed by atoms with Gasteiger partial charge in [-0.05, 0) is 30.3 Å². The van der Waals surface area contributed by atoms with Crippen molar-refractivity contribution in [3.8, 4) is 5.75 Å². The Morgan fingerprint density at radius 3 is 2.65 bits per heavy atom. The van der Waals surface area contributed by atoms with E-state index in [4.69, 9.17) is 10.5 Å². The maximum absolute atomic E-state index is 13.0. The zero-order valence-electron chi connectivity index (χ0n) is 9.31. The largest absolute Gasteiger partial charge is 0.495 e.